The molecule has 0 aliphatic carbocycles. The molecule has 140 valence electrons. The highest BCUT2D eigenvalue weighted by Gasteiger charge is 2.33. The van der Waals surface area contributed by atoms with Crippen molar-refractivity contribution in [2.45, 2.75) is 73.3 Å². The third-order valence-electron chi connectivity index (χ3n) is 4.32. The van der Waals surface area contributed by atoms with Crippen LogP contribution in [-0.2, 0) is 9.53 Å². The number of hydrogen-bond acceptors (Lipinski definition) is 4. The number of allylic oxidation sites excluding steroid dienone is 2. The third-order valence-corrected chi connectivity index (χ3v) is 4.32. The van der Waals surface area contributed by atoms with Crippen molar-refractivity contribution >= 4 is 11.9 Å². The number of carbonyl (C=O) groups excluding carboxylic acids is 2. The Labute approximate surface area is 152 Å². The minimum Gasteiger partial charge on any atom is -0.444 e. The predicted octanol–water partition coefficient (Wildman–Crippen LogP) is 4.48. The summed E-state index contributed by atoms with van der Waals surface area (Å²) in [7, 11) is 0. The number of hydrogen-bond donors (Lipinski definition) is 0. The van der Waals surface area contributed by atoms with Gasteiger partial charge < -0.3 is 9.64 Å². The summed E-state index contributed by atoms with van der Waals surface area (Å²) in [5.74, 6) is -0.135. The molecule has 5 nitrogen and oxygen atoms in total. The van der Waals surface area contributed by atoms with E-state index in [9.17, 15) is 14.9 Å². The zero-order valence-electron chi connectivity index (χ0n) is 16.7. The van der Waals surface area contributed by atoms with Crippen LogP contribution in [0.5, 0.6) is 0 Å². The standard InChI is InChI=1S/C20H32N2O3/c1-18(2,3)16(23)15(14-21)13-20(7)9-8-11-22(12-10-20)17(24)25-19(4,5)6/h13H,8-12H2,1-7H3/b15-13-/t20-/m1/s1. The van der Waals surface area contributed by atoms with Crippen molar-refractivity contribution < 1.29 is 14.3 Å². The van der Waals surface area contributed by atoms with E-state index in [-0.39, 0.29) is 22.9 Å². The molecule has 1 rings (SSSR count). The Balaban J connectivity index is 2.90. The van der Waals surface area contributed by atoms with Crippen LogP contribution in [0.15, 0.2) is 11.6 Å². The number of amides is 1. The highest BCUT2D eigenvalue weighted by molar-refractivity contribution is 6.02. The van der Waals surface area contributed by atoms with Gasteiger partial charge in [0.05, 0.1) is 5.57 Å². The largest absolute Gasteiger partial charge is 0.444 e. The van der Waals surface area contributed by atoms with Gasteiger partial charge in [0.25, 0.3) is 0 Å². The molecule has 0 aromatic carbocycles. The van der Waals surface area contributed by atoms with E-state index in [1.54, 1.807) is 4.90 Å². The van der Waals surface area contributed by atoms with Gasteiger partial charge >= 0.3 is 6.09 Å². The van der Waals surface area contributed by atoms with Crippen LogP contribution in [0.4, 0.5) is 4.79 Å². The summed E-state index contributed by atoms with van der Waals surface area (Å²) in [5, 5.41) is 9.42. The third kappa shape index (κ3) is 6.53. The van der Waals surface area contributed by atoms with Gasteiger partial charge in [0.1, 0.15) is 11.7 Å². The number of carbonyl (C=O) groups is 2. The van der Waals surface area contributed by atoms with Gasteiger partial charge in [-0.2, -0.15) is 5.26 Å². The summed E-state index contributed by atoms with van der Waals surface area (Å²) in [6.07, 6.45) is 3.87. The molecule has 0 unspecified atom stereocenters. The first-order chi connectivity index (χ1) is 11.3. The quantitative estimate of drug-likeness (QED) is 0.545. The maximum atomic E-state index is 12.5. The summed E-state index contributed by atoms with van der Waals surface area (Å²) in [6, 6.07) is 2.07. The topological polar surface area (TPSA) is 70.4 Å². The molecule has 25 heavy (non-hydrogen) atoms. The van der Waals surface area contributed by atoms with Gasteiger partial charge in [-0.1, -0.05) is 33.8 Å². The normalized spacial score (nSPS) is 22.8. The highest BCUT2D eigenvalue weighted by Crippen LogP contribution is 2.35. The maximum absolute atomic E-state index is 12.5. The van der Waals surface area contributed by atoms with E-state index in [2.05, 4.69) is 13.0 Å². The predicted molar refractivity (Wildman–Crippen MR) is 97.9 cm³/mol. The molecule has 0 aromatic heterocycles. The van der Waals surface area contributed by atoms with E-state index in [1.165, 1.54) is 0 Å². The first kappa shape index (κ1) is 21.2. The van der Waals surface area contributed by atoms with Crippen LogP contribution in [0.1, 0.15) is 67.7 Å². The van der Waals surface area contributed by atoms with Crippen molar-refractivity contribution in [2.75, 3.05) is 13.1 Å². The first-order valence-corrected chi connectivity index (χ1v) is 8.93. The smallest absolute Gasteiger partial charge is 0.410 e. The Morgan fingerprint density at radius 3 is 2.20 bits per heavy atom. The lowest BCUT2D eigenvalue weighted by Gasteiger charge is -2.28. The Kier molecular flexibility index (Phi) is 6.44. The fourth-order valence-corrected chi connectivity index (χ4v) is 2.86. The van der Waals surface area contributed by atoms with Gasteiger partial charge in [0, 0.05) is 18.5 Å². The van der Waals surface area contributed by atoms with E-state index in [0.717, 1.165) is 12.8 Å². The molecule has 0 aromatic rings. The number of rotatable bonds is 2. The van der Waals surface area contributed by atoms with Crippen molar-refractivity contribution in [3.63, 3.8) is 0 Å². The van der Waals surface area contributed by atoms with Gasteiger partial charge in [-0.25, -0.2) is 4.79 Å². The van der Waals surface area contributed by atoms with Crippen molar-refractivity contribution in [2.24, 2.45) is 10.8 Å². The molecule has 0 saturated carbocycles. The van der Waals surface area contributed by atoms with Crippen LogP contribution in [0.25, 0.3) is 0 Å². The van der Waals surface area contributed by atoms with Gasteiger partial charge in [0.15, 0.2) is 5.78 Å². The average Bonchev–Trinajstić information content (AvgIpc) is 2.63. The molecule has 1 saturated heterocycles. The molecule has 0 spiro atoms. The Morgan fingerprint density at radius 2 is 1.72 bits per heavy atom. The Bertz CT molecular complexity index is 588. The van der Waals surface area contributed by atoms with Crippen LogP contribution in [0.2, 0.25) is 0 Å². The van der Waals surface area contributed by atoms with Crippen molar-refractivity contribution in [1.29, 1.82) is 5.26 Å². The summed E-state index contributed by atoms with van der Waals surface area (Å²) in [4.78, 5) is 26.5. The number of ether oxygens (including phenoxy) is 1. The number of nitriles is 1. The molecule has 1 fully saturated rings. The van der Waals surface area contributed by atoms with Crippen LogP contribution in [0.3, 0.4) is 0 Å². The van der Waals surface area contributed by atoms with Crippen LogP contribution >= 0.6 is 0 Å². The van der Waals surface area contributed by atoms with E-state index in [0.29, 0.717) is 19.5 Å². The Hall–Kier alpha value is -1.83. The minimum atomic E-state index is -0.578. The molecular formula is C20H32N2O3. The average molecular weight is 348 g/mol. The summed E-state index contributed by atoms with van der Waals surface area (Å²) in [6.45, 7) is 14.3. The monoisotopic (exact) mass is 348 g/mol. The van der Waals surface area contributed by atoms with Crippen molar-refractivity contribution in [3.05, 3.63) is 11.6 Å². The molecule has 1 aliphatic heterocycles. The molecule has 0 N–H and O–H groups in total. The number of likely N-dealkylation sites (tertiary alicyclic amines) is 1. The van der Waals surface area contributed by atoms with Crippen LogP contribution in [0, 0.1) is 22.2 Å². The summed E-state index contributed by atoms with van der Waals surface area (Å²) >= 11 is 0. The van der Waals surface area contributed by atoms with Crippen LogP contribution < -0.4 is 0 Å². The van der Waals surface area contributed by atoms with E-state index in [1.807, 2.05) is 47.6 Å². The van der Waals surface area contributed by atoms with Gasteiger partial charge in [-0.15, -0.1) is 0 Å². The minimum absolute atomic E-state index is 0.135. The van der Waals surface area contributed by atoms with E-state index < -0.39 is 11.0 Å². The second-order valence-corrected chi connectivity index (χ2v) is 9.22. The molecular weight excluding hydrogens is 316 g/mol. The van der Waals surface area contributed by atoms with Crippen molar-refractivity contribution in [1.82, 2.24) is 4.90 Å². The van der Waals surface area contributed by atoms with E-state index >= 15 is 0 Å². The fourth-order valence-electron chi connectivity index (χ4n) is 2.86. The van der Waals surface area contributed by atoms with E-state index in [4.69, 9.17) is 4.74 Å². The molecule has 0 radical (unpaired) electrons. The summed E-state index contributed by atoms with van der Waals surface area (Å²) in [5.41, 5.74) is -1.14. The second-order valence-electron chi connectivity index (χ2n) is 9.22. The summed E-state index contributed by atoms with van der Waals surface area (Å²) < 4.78 is 5.45. The molecule has 1 atom stereocenters. The zero-order chi connectivity index (χ0) is 19.5. The molecule has 1 aliphatic rings. The van der Waals surface area contributed by atoms with Crippen molar-refractivity contribution in [3.8, 4) is 6.07 Å². The number of nitrogens with zero attached hydrogens (tertiary/aromatic N) is 2. The number of ketones is 1. The molecule has 5 heteroatoms. The molecule has 1 amide bonds. The maximum Gasteiger partial charge on any atom is 0.410 e. The Morgan fingerprint density at radius 1 is 1.12 bits per heavy atom. The number of Topliss-reactive ketones (excluding diaryl/α,β-unsaturated/α-hetero) is 1. The lowest BCUT2D eigenvalue weighted by Crippen LogP contribution is -2.37. The van der Waals surface area contributed by atoms with Gasteiger partial charge in [-0.3, -0.25) is 4.79 Å². The lowest BCUT2D eigenvalue weighted by molar-refractivity contribution is -0.122. The highest BCUT2D eigenvalue weighted by atomic mass is 16.6. The zero-order valence-corrected chi connectivity index (χ0v) is 16.7. The van der Waals surface area contributed by atoms with Gasteiger partial charge in [-0.05, 0) is 45.4 Å². The van der Waals surface area contributed by atoms with Gasteiger partial charge in [0.2, 0.25) is 0 Å². The fraction of sp³-hybridized carbons (Fsp3) is 0.750. The lowest BCUT2D eigenvalue weighted by atomic mass is 9.78. The molecule has 0 bridgehead atoms. The molecule has 1 heterocycles. The SMILES string of the molecule is CC(C)(C)OC(=O)N1CCC[C@@](C)(/C=C(/C#N)C(=O)C(C)(C)C)CC1. The van der Waals surface area contributed by atoms with Crippen LogP contribution in [-0.4, -0.2) is 35.5 Å². The second kappa shape index (κ2) is 7.59. The first-order valence-electron chi connectivity index (χ1n) is 8.93.